The second-order valence-electron chi connectivity index (χ2n) is 7.91. The van der Waals surface area contributed by atoms with Crippen LogP contribution in [0.4, 0.5) is 5.82 Å². The van der Waals surface area contributed by atoms with Gasteiger partial charge in [-0.05, 0) is 30.9 Å². The fraction of sp³-hybridized carbons (Fsp3) is 0.435. The lowest BCUT2D eigenvalue weighted by Gasteiger charge is -2.36. The third-order valence-electron chi connectivity index (χ3n) is 5.84. The molecule has 1 aromatic carbocycles. The van der Waals surface area contributed by atoms with Crippen LogP contribution >= 0.6 is 11.6 Å². The number of nitrogens with zero attached hydrogens (tertiary/aromatic N) is 4. The number of hydrogen-bond donors (Lipinski definition) is 0. The molecular weight excluding hydrogens is 400 g/mol. The molecule has 0 unspecified atom stereocenters. The molecule has 1 aromatic heterocycles. The molecule has 0 bridgehead atoms. The highest BCUT2D eigenvalue weighted by atomic mass is 35.5. The molecule has 0 atom stereocenters. The van der Waals surface area contributed by atoms with E-state index in [9.17, 15) is 9.59 Å². The maximum atomic E-state index is 12.7. The lowest BCUT2D eigenvalue weighted by atomic mass is 10.1. The average molecular weight is 427 g/mol. The number of amides is 2. The highest BCUT2D eigenvalue weighted by Crippen LogP contribution is 2.26. The number of aromatic nitrogens is 1. The Morgan fingerprint density at radius 2 is 1.60 bits per heavy atom. The molecule has 2 aliphatic heterocycles. The van der Waals surface area contributed by atoms with Gasteiger partial charge in [0.1, 0.15) is 5.82 Å². The Labute approximate surface area is 182 Å². The third-order valence-corrected chi connectivity index (χ3v) is 6.12. The monoisotopic (exact) mass is 426 g/mol. The minimum absolute atomic E-state index is 0.00646. The number of carbonyl (C=O) groups excluding carboxylic acids is 2. The smallest absolute Gasteiger partial charge is 0.255 e. The van der Waals surface area contributed by atoms with E-state index in [1.807, 2.05) is 40.1 Å². The molecule has 0 spiro atoms. The van der Waals surface area contributed by atoms with Crippen molar-refractivity contribution in [2.75, 3.05) is 44.2 Å². The number of halogens is 1. The van der Waals surface area contributed by atoms with Crippen LogP contribution in [0.1, 0.15) is 35.2 Å². The zero-order valence-corrected chi connectivity index (χ0v) is 17.9. The highest BCUT2D eigenvalue weighted by molar-refractivity contribution is 6.33. The first-order valence-electron chi connectivity index (χ1n) is 10.6. The van der Waals surface area contributed by atoms with Gasteiger partial charge in [0.05, 0.1) is 17.0 Å². The van der Waals surface area contributed by atoms with Crippen molar-refractivity contribution in [3.05, 3.63) is 58.7 Å². The van der Waals surface area contributed by atoms with E-state index in [0.717, 1.165) is 31.5 Å². The summed E-state index contributed by atoms with van der Waals surface area (Å²) in [6.45, 7) is 4.23. The lowest BCUT2D eigenvalue weighted by Crippen LogP contribution is -2.49. The van der Waals surface area contributed by atoms with Crippen molar-refractivity contribution >= 4 is 29.2 Å². The van der Waals surface area contributed by atoms with Crippen molar-refractivity contribution in [1.82, 2.24) is 14.8 Å². The summed E-state index contributed by atoms with van der Waals surface area (Å²) in [7, 11) is 0. The van der Waals surface area contributed by atoms with Crippen LogP contribution in [0.2, 0.25) is 5.02 Å². The van der Waals surface area contributed by atoms with E-state index in [2.05, 4.69) is 9.88 Å². The van der Waals surface area contributed by atoms with Crippen molar-refractivity contribution in [3.8, 4) is 0 Å². The summed E-state index contributed by atoms with van der Waals surface area (Å²) < 4.78 is 0. The van der Waals surface area contributed by atoms with Crippen LogP contribution < -0.4 is 4.90 Å². The zero-order valence-electron chi connectivity index (χ0n) is 17.1. The van der Waals surface area contributed by atoms with Crippen molar-refractivity contribution in [3.63, 3.8) is 0 Å². The SMILES string of the molecule is O=C(Cc1ccccc1)N1CCN(c2ncc(C(=O)N3CCCCC3)cc2Cl)CC1. The number of piperazine rings is 1. The molecule has 3 heterocycles. The van der Waals surface area contributed by atoms with Gasteiger partial charge in [-0.2, -0.15) is 0 Å². The molecule has 7 heteroatoms. The van der Waals surface area contributed by atoms with Gasteiger partial charge in [-0.1, -0.05) is 41.9 Å². The van der Waals surface area contributed by atoms with E-state index in [1.165, 1.54) is 6.42 Å². The predicted molar refractivity (Wildman–Crippen MR) is 118 cm³/mol. The van der Waals surface area contributed by atoms with Crippen molar-refractivity contribution in [1.29, 1.82) is 0 Å². The Balaban J connectivity index is 1.35. The molecule has 6 nitrogen and oxygen atoms in total. The Morgan fingerprint density at radius 1 is 0.900 bits per heavy atom. The van der Waals surface area contributed by atoms with Crippen LogP contribution in [0.3, 0.4) is 0 Å². The fourth-order valence-electron chi connectivity index (χ4n) is 4.11. The Bertz CT molecular complexity index is 891. The topological polar surface area (TPSA) is 56.8 Å². The fourth-order valence-corrected chi connectivity index (χ4v) is 4.40. The molecule has 2 fully saturated rings. The number of rotatable bonds is 4. The summed E-state index contributed by atoms with van der Waals surface area (Å²) in [5.41, 5.74) is 1.57. The van der Waals surface area contributed by atoms with E-state index in [4.69, 9.17) is 11.6 Å². The van der Waals surface area contributed by atoms with Gasteiger partial charge in [0.15, 0.2) is 0 Å². The van der Waals surface area contributed by atoms with Gasteiger partial charge in [0, 0.05) is 45.5 Å². The molecule has 2 amide bonds. The molecule has 158 valence electrons. The number of carbonyl (C=O) groups is 2. The lowest BCUT2D eigenvalue weighted by molar-refractivity contribution is -0.130. The van der Waals surface area contributed by atoms with E-state index in [-0.39, 0.29) is 11.8 Å². The number of anilines is 1. The predicted octanol–water partition coefficient (Wildman–Crippen LogP) is 3.25. The minimum Gasteiger partial charge on any atom is -0.352 e. The Morgan fingerprint density at radius 3 is 2.27 bits per heavy atom. The first-order chi connectivity index (χ1) is 14.6. The quantitative estimate of drug-likeness (QED) is 0.753. The second kappa shape index (κ2) is 9.47. The van der Waals surface area contributed by atoms with Gasteiger partial charge in [-0.15, -0.1) is 0 Å². The number of likely N-dealkylation sites (tertiary alicyclic amines) is 1. The number of hydrogen-bond acceptors (Lipinski definition) is 4. The van der Waals surface area contributed by atoms with Gasteiger partial charge in [0.25, 0.3) is 5.91 Å². The molecule has 4 rings (SSSR count). The zero-order chi connectivity index (χ0) is 20.9. The summed E-state index contributed by atoms with van der Waals surface area (Å²) in [5, 5.41) is 0.488. The standard InChI is InChI=1S/C23H27ClN4O2/c24-20-16-19(23(30)28-9-5-2-6-10-28)17-25-22(20)27-13-11-26(12-14-27)21(29)15-18-7-3-1-4-8-18/h1,3-4,7-8,16-17H,2,5-6,9-15H2. The van der Waals surface area contributed by atoms with Crippen LogP contribution in [-0.4, -0.2) is 65.9 Å². The van der Waals surface area contributed by atoms with Crippen LogP contribution in [0.15, 0.2) is 42.6 Å². The normalized spacial score (nSPS) is 17.2. The van der Waals surface area contributed by atoms with Gasteiger partial charge in [0.2, 0.25) is 5.91 Å². The van der Waals surface area contributed by atoms with Crippen LogP contribution in [-0.2, 0) is 11.2 Å². The minimum atomic E-state index is 0.00646. The molecular formula is C23H27ClN4O2. The van der Waals surface area contributed by atoms with Gasteiger partial charge in [-0.25, -0.2) is 4.98 Å². The van der Waals surface area contributed by atoms with Crippen LogP contribution in [0, 0.1) is 0 Å². The summed E-state index contributed by atoms with van der Waals surface area (Å²) in [5.74, 6) is 0.830. The van der Waals surface area contributed by atoms with E-state index < -0.39 is 0 Å². The average Bonchev–Trinajstić information content (AvgIpc) is 2.80. The first kappa shape index (κ1) is 20.7. The van der Waals surface area contributed by atoms with Crippen molar-refractivity contribution < 1.29 is 9.59 Å². The van der Waals surface area contributed by atoms with Crippen molar-refractivity contribution in [2.24, 2.45) is 0 Å². The van der Waals surface area contributed by atoms with E-state index in [1.54, 1.807) is 12.3 Å². The maximum absolute atomic E-state index is 12.7. The van der Waals surface area contributed by atoms with Gasteiger partial charge < -0.3 is 14.7 Å². The molecule has 2 saturated heterocycles. The van der Waals surface area contributed by atoms with Gasteiger partial charge in [-0.3, -0.25) is 9.59 Å². The van der Waals surface area contributed by atoms with E-state index in [0.29, 0.717) is 49.0 Å². The van der Waals surface area contributed by atoms with Crippen molar-refractivity contribution in [2.45, 2.75) is 25.7 Å². The highest BCUT2D eigenvalue weighted by Gasteiger charge is 2.25. The summed E-state index contributed by atoms with van der Waals surface area (Å²) >= 11 is 6.50. The maximum Gasteiger partial charge on any atom is 0.255 e. The van der Waals surface area contributed by atoms with Crippen LogP contribution in [0.5, 0.6) is 0 Å². The second-order valence-corrected chi connectivity index (χ2v) is 8.32. The molecule has 0 aliphatic carbocycles. The Kier molecular flexibility index (Phi) is 6.53. The summed E-state index contributed by atoms with van der Waals surface area (Å²) in [4.78, 5) is 35.6. The largest absolute Gasteiger partial charge is 0.352 e. The number of pyridine rings is 1. The molecule has 30 heavy (non-hydrogen) atoms. The van der Waals surface area contributed by atoms with Gasteiger partial charge >= 0.3 is 0 Å². The number of piperidine rings is 1. The summed E-state index contributed by atoms with van der Waals surface area (Å²) in [6.07, 6.45) is 5.34. The first-order valence-corrected chi connectivity index (χ1v) is 11.0. The van der Waals surface area contributed by atoms with Crippen LogP contribution in [0.25, 0.3) is 0 Å². The summed E-state index contributed by atoms with van der Waals surface area (Å²) in [6, 6.07) is 11.5. The third kappa shape index (κ3) is 4.75. The Hall–Kier alpha value is -2.60. The molecule has 0 radical (unpaired) electrons. The molecule has 2 aromatic rings. The van der Waals surface area contributed by atoms with E-state index >= 15 is 0 Å². The number of benzene rings is 1. The molecule has 0 N–H and O–H groups in total. The molecule has 0 saturated carbocycles. The molecule has 2 aliphatic rings.